The average Bonchev–Trinajstić information content (AvgIpc) is 2.91. The van der Waals surface area contributed by atoms with Crippen LogP contribution in [0.3, 0.4) is 0 Å². The number of carbonyl (C=O) groups is 1. The number of anilines is 1. The van der Waals surface area contributed by atoms with Gasteiger partial charge < -0.3 is 5.32 Å². The highest BCUT2D eigenvalue weighted by Gasteiger charge is 2.25. The van der Waals surface area contributed by atoms with Crippen molar-refractivity contribution in [3.05, 3.63) is 46.5 Å². The molecule has 1 aromatic carbocycles. The summed E-state index contributed by atoms with van der Waals surface area (Å²) in [6, 6.07) is 8.31. The van der Waals surface area contributed by atoms with Crippen LogP contribution in [0.1, 0.15) is 23.7 Å². The molecule has 0 spiro atoms. The minimum atomic E-state index is -0.150. The fourth-order valence-electron chi connectivity index (χ4n) is 2.64. The number of amides is 1. The van der Waals surface area contributed by atoms with Crippen LogP contribution in [0.2, 0.25) is 0 Å². The molecule has 0 radical (unpaired) electrons. The fraction of sp³-hybridized carbons (Fsp3) is 0.375. The molecular weight excluding hydrogens is 282 g/mol. The van der Waals surface area contributed by atoms with E-state index in [0.29, 0.717) is 5.13 Å². The Labute approximate surface area is 128 Å². The largest absolute Gasteiger partial charge is 0.301 e. The first-order valence-corrected chi connectivity index (χ1v) is 8.05. The second-order valence-corrected chi connectivity index (χ2v) is 6.31. The molecule has 1 aliphatic rings. The molecule has 2 heterocycles. The van der Waals surface area contributed by atoms with E-state index in [9.17, 15) is 4.79 Å². The van der Waals surface area contributed by atoms with Crippen molar-refractivity contribution in [3.8, 4) is 0 Å². The maximum Gasteiger partial charge on any atom is 0.243 e. The lowest BCUT2D eigenvalue weighted by Crippen LogP contribution is -2.44. The molecule has 21 heavy (non-hydrogen) atoms. The van der Waals surface area contributed by atoms with Crippen molar-refractivity contribution in [1.29, 1.82) is 0 Å². The molecule has 0 aliphatic carbocycles. The van der Waals surface area contributed by atoms with Gasteiger partial charge in [0.2, 0.25) is 5.91 Å². The number of rotatable bonds is 3. The average molecular weight is 301 g/mol. The van der Waals surface area contributed by atoms with Crippen molar-refractivity contribution < 1.29 is 4.79 Å². The number of carbonyl (C=O) groups excluding carboxylic acids is 1. The standard InChI is InChI=1S/C16H19N3OS/c1-11-10-21-16(17-11)18-15(20)12(2)19-8-7-13-5-3-4-6-14(13)9-19/h3-6,10,12H,7-9H2,1-2H3,(H,17,18,20). The lowest BCUT2D eigenvalue weighted by Gasteiger charge is -2.32. The van der Waals surface area contributed by atoms with Crippen molar-refractivity contribution in [1.82, 2.24) is 9.88 Å². The minimum absolute atomic E-state index is 0.0173. The zero-order valence-corrected chi connectivity index (χ0v) is 13.1. The van der Waals surface area contributed by atoms with E-state index in [0.717, 1.165) is 25.2 Å². The zero-order chi connectivity index (χ0) is 14.8. The highest BCUT2D eigenvalue weighted by molar-refractivity contribution is 7.13. The van der Waals surface area contributed by atoms with Crippen molar-refractivity contribution >= 4 is 22.4 Å². The van der Waals surface area contributed by atoms with Crippen LogP contribution in [0.15, 0.2) is 29.6 Å². The summed E-state index contributed by atoms with van der Waals surface area (Å²) in [4.78, 5) is 18.8. The third-order valence-corrected chi connectivity index (χ3v) is 4.81. The molecule has 0 bridgehead atoms. The second-order valence-electron chi connectivity index (χ2n) is 5.45. The van der Waals surface area contributed by atoms with E-state index in [1.165, 1.54) is 22.5 Å². The summed E-state index contributed by atoms with van der Waals surface area (Å²) in [5.41, 5.74) is 3.67. The quantitative estimate of drug-likeness (QED) is 0.948. The van der Waals surface area contributed by atoms with Gasteiger partial charge in [0.1, 0.15) is 0 Å². The molecule has 1 unspecified atom stereocenters. The third kappa shape index (κ3) is 3.14. The Morgan fingerprint density at radius 2 is 2.14 bits per heavy atom. The molecule has 1 aromatic heterocycles. The summed E-state index contributed by atoms with van der Waals surface area (Å²) in [6.07, 6.45) is 1.00. The first kappa shape index (κ1) is 14.2. The molecule has 1 atom stereocenters. The Bertz CT molecular complexity index is 652. The Morgan fingerprint density at radius 3 is 2.86 bits per heavy atom. The number of benzene rings is 1. The van der Waals surface area contributed by atoms with Crippen LogP contribution in [0.4, 0.5) is 5.13 Å². The highest BCUT2D eigenvalue weighted by Crippen LogP contribution is 2.21. The smallest absolute Gasteiger partial charge is 0.243 e. The van der Waals surface area contributed by atoms with E-state index in [-0.39, 0.29) is 11.9 Å². The first-order chi connectivity index (χ1) is 10.1. The van der Waals surface area contributed by atoms with Gasteiger partial charge in [0.25, 0.3) is 0 Å². The molecule has 1 amide bonds. The molecule has 5 heteroatoms. The monoisotopic (exact) mass is 301 g/mol. The van der Waals surface area contributed by atoms with E-state index >= 15 is 0 Å². The van der Waals surface area contributed by atoms with Gasteiger partial charge in [-0.3, -0.25) is 9.69 Å². The predicted octanol–water partition coefficient (Wildman–Crippen LogP) is 2.84. The zero-order valence-electron chi connectivity index (χ0n) is 12.3. The number of fused-ring (bicyclic) bond motifs is 1. The molecule has 110 valence electrons. The maximum atomic E-state index is 12.3. The molecule has 1 N–H and O–H groups in total. The van der Waals surface area contributed by atoms with Gasteiger partial charge in [-0.05, 0) is 31.4 Å². The van der Waals surface area contributed by atoms with Crippen LogP contribution in [-0.2, 0) is 17.8 Å². The fourth-order valence-corrected chi connectivity index (χ4v) is 3.33. The van der Waals surface area contributed by atoms with Gasteiger partial charge in [-0.1, -0.05) is 24.3 Å². The van der Waals surface area contributed by atoms with Gasteiger partial charge in [0.15, 0.2) is 5.13 Å². The Hall–Kier alpha value is -1.72. The van der Waals surface area contributed by atoms with Gasteiger partial charge in [-0.2, -0.15) is 0 Å². The van der Waals surface area contributed by atoms with Crippen LogP contribution < -0.4 is 5.32 Å². The maximum absolute atomic E-state index is 12.3. The molecule has 4 nitrogen and oxygen atoms in total. The minimum Gasteiger partial charge on any atom is -0.301 e. The van der Waals surface area contributed by atoms with Crippen LogP contribution in [0.25, 0.3) is 0 Å². The van der Waals surface area contributed by atoms with Gasteiger partial charge in [0.05, 0.1) is 11.7 Å². The topological polar surface area (TPSA) is 45.2 Å². The van der Waals surface area contributed by atoms with Gasteiger partial charge >= 0.3 is 0 Å². The van der Waals surface area contributed by atoms with E-state index in [2.05, 4.69) is 39.5 Å². The Kier molecular flexibility index (Phi) is 4.03. The van der Waals surface area contributed by atoms with Crippen LogP contribution in [-0.4, -0.2) is 28.4 Å². The summed E-state index contributed by atoms with van der Waals surface area (Å²) in [5.74, 6) is 0.0173. The van der Waals surface area contributed by atoms with Crippen molar-refractivity contribution in [3.63, 3.8) is 0 Å². The lowest BCUT2D eigenvalue weighted by molar-refractivity contribution is -0.121. The predicted molar refractivity (Wildman–Crippen MR) is 85.5 cm³/mol. The molecule has 0 saturated carbocycles. The van der Waals surface area contributed by atoms with Crippen LogP contribution in [0.5, 0.6) is 0 Å². The van der Waals surface area contributed by atoms with E-state index in [1.807, 2.05) is 19.2 Å². The van der Waals surface area contributed by atoms with Crippen molar-refractivity contribution in [2.75, 3.05) is 11.9 Å². The SMILES string of the molecule is Cc1csc(NC(=O)C(C)N2CCc3ccccc3C2)n1. The summed E-state index contributed by atoms with van der Waals surface area (Å²) in [6.45, 7) is 5.64. The number of nitrogens with one attached hydrogen (secondary N) is 1. The number of thiazole rings is 1. The van der Waals surface area contributed by atoms with Gasteiger partial charge in [0, 0.05) is 18.5 Å². The molecule has 3 rings (SSSR count). The van der Waals surface area contributed by atoms with E-state index < -0.39 is 0 Å². The molecule has 0 fully saturated rings. The third-order valence-electron chi connectivity index (χ3n) is 3.94. The number of hydrogen-bond donors (Lipinski definition) is 1. The second kappa shape index (κ2) is 5.95. The summed E-state index contributed by atoms with van der Waals surface area (Å²) in [7, 11) is 0. The highest BCUT2D eigenvalue weighted by atomic mass is 32.1. The lowest BCUT2D eigenvalue weighted by atomic mass is 9.99. The molecule has 2 aromatic rings. The molecule has 1 aliphatic heterocycles. The number of nitrogens with zero attached hydrogens (tertiary/aromatic N) is 2. The number of aromatic nitrogens is 1. The summed E-state index contributed by atoms with van der Waals surface area (Å²) >= 11 is 1.47. The van der Waals surface area contributed by atoms with E-state index in [4.69, 9.17) is 0 Å². The summed E-state index contributed by atoms with van der Waals surface area (Å²) < 4.78 is 0. The van der Waals surface area contributed by atoms with Crippen LogP contribution in [0, 0.1) is 6.92 Å². The first-order valence-electron chi connectivity index (χ1n) is 7.17. The Balaban J connectivity index is 1.66. The molecule has 0 saturated heterocycles. The van der Waals surface area contributed by atoms with Crippen molar-refractivity contribution in [2.45, 2.75) is 32.9 Å². The van der Waals surface area contributed by atoms with Crippen molar-refractivity contribution in [2.24, 2.45) is 0 Å². The number of hydrogen-bond acceptors (Lipinski definition) is 4. The van der Waals surface area contributed by atoms with Gasteiger partial charge in [-0.25, -0.2) is 4.98 Å². The van der Waals surface area contributed by atoms with E-state index in [1.54, 1.807) is 0 Å². The number of aryl methyl sites for hydroxylation is 1. The van der Waals surface area contributed by atoms with Gasteiger partial charge in [-0.15, -0.1) is 11.3 Å². The normalized spacial score (nSPS) is 16.3. The summed E-state index contributed by atoms with van der Waals surface area (Å²) in [5, 5.41) is 5.53. The van der Waals surface area contributed by atoms with Crippen LogP contribution >= 0.6 is 11.3 Å². The Morgan fingerprint density at radius 1 is 1.38 bits per heavy atom. The molecular formula is C16H19N3OS.